The molecule has 0 aliphatic heterocycles. The average Bonchev–Trinajstić information content (AvgIpc) is 1.87. The number of halogens is 2. The number of aliphatic hydroxyl groups is 1. The fraction of sp³-hybridized carbons (Fsp3) is 0.250. The highest BCUT2D eigenvalue weighted by molar-refractivity contribution is 6.25. The van der Waals surface area contributed by atoms with E-state index in [4.69, 9.17) is 16.7 Å². The number of hydrogen-bond acceptors (Lipinski definition) is 1. The lowest BCUT2D eigenvalue weighted by Gasteiger charge is -1.75. The monoisotopic (exact) mass is 178 g/mol. The molecule has 1 nitrogen and oxygen atoms in total. The molecule has 0 heterocycles. The molecule has 0 aliphatic carbocycles. The second-order valence-corrected chi connectivity index (χ2v) is 1.95. The first-order chi connectivity index (χ1) is 5.04. The third-order valence-corrected chi connectivity index (χ3v) is 0.624. The van der Waals surface area contributed by atoms with Crippen LogP contribution in [-0.2, 0) is 0 Å². The molecule has 0 aromatic carbocycles. The maximum absolute atomic E-state index is 11.8. The van der Waals surface area contributed by atoms with Gasteiger partial charge in [-0.2, -0.15) is 0 Å². The van der Waals surface area contributed by atoms with E-state index in [0.717, 1.165) is 5.54 Å². The summed E-state index contributed by atoms with van der Waals surface area (Å²) >= 11 is 5.01. The Morgan fingerprint density at radius 1 is 1.64 bits per heavy atom. The van der Waals surface area contributed by atoms with E-state index in [1.165, 1.54) is 19.1 Å². The SMILES string of the molecule is C/C=C(F)\C=C\Cl.C=C(C)O. The van der Waals surface area contributed by atoms with Crippen molar-refractivity contribution in [2.24, 2.45) is 0 Å². The van der Waals surface area contributed by atoms with E-state index in [1.54, 1.807) is 6.92 Å². The van der Waals surface area contributed by atoms with Crippen molar-refractivity contribution in [2.45, 2.75) is 13.8 Å². The van der Waals surface area contributed by atoms with Gasteiger partial charge in [-0.05, 0) is 19.9 Å². The highest BCUT2D eigenvalue weighted by Gasteiger charge is 1.76. The molecule has 11 heavy (non-hydrogen) atoms. The van der Waals surface area contributed by atoms with Crippen molar-refractivity contribution in [3.63, 3.8) is 0 Å². The van der Waals surface area contributed by atoms with Crippen molar-refractivity contribution in [2.75, 3.05) is 0 Å². The standard InChI is InChI=1S/C5H6ClF.C3H6O/c1-2-5(7)3-4-6;1-3(2)4/h2-4H,1H3;4H,1H2,2H3/b4-3+,5-2+;. The second-order valence-electron chi connectivity index (χ2n) is 1.70. The van der Waals surface area contributed by atoms with E-state index in [-0.39, 0.29) is 11.6 Å². The Morgan fingerprint density at radius 2 is 2.00 bits per heavy atom. The molecule has 0 fully saturated rings. The number of allylic oxidation sites excluding steroid dienone is 4. The maximum Gasteiger partial charge on any atom is 0.119 e. The molecular weight excluding hydrogens is 167 g/mol. The van der Waals surface area contributed by atoms with E-state index in [0.29, 0.717) is 0 Å². The molecule has 0 saturated carbocycles. The largest absolute Gasteiger partial charge is 0.513 e. The van der Waals surface area contributed by atoms with Crippen molar-refractivity contribution >= 4 is 11.6 Å². The molecular formula is C8H12ClFO. The third kappa shape index (κ3) is 26.9. The molecule has 0 spiro atoms. The summed E-state index contributed by atoms with van der Waals surface area (Å²) in [6.45, 7) is 6.24. The van der Waals surface area contributed by atoms with Crippen molar-refractivity contribution in [3.8, 4) is 0 Å². The fourth-order valence-corrected chi connectivity index (χ4v) is 0.277. The molecule has 0 amide bonds. The zero-order valence-electron chi connectivity index (χ0n) is 6.64. The first-order valence-electron chi connectivity index (χ1n) is 2.97. The lowest BCUT2D eigenvalue weighted by molar-refractivity contribution is 0.417. The first kappa shape index (κ1) is 12.9. The predicted octanol–water partition coefficient (Wildman–Crippen LogP) is 3.69. The van der Waals surface area contributed by atoms with Crippen molar-refractivity contribution in [1.82, 2.24) is 0 Å². The topological polar surface area (TPSA) is 20.2 Å². The van der Waals surface area contributed by atoms with Gasteiger partial charge in [-0.25, -0.2) is 4.39 Å². The zero-order valence-corrected chi connectivity index (χ0v) is 7.40. The Bertz CT molecular complexity index is 157. The van der Waals surface area contributed by atoms with Crippen LogP contribution >= 0.6 is 11.6 Å². The third-order valence-electron chi connectivity index (χ3n) is 0.498. The molecule has 0 atom stereocenters. The summed E-state index contributed by atoms with van der Waals surface area (Å²) in [5, 5.41) is 7.86. The average molecular weight is 179 g/mol. The number of rotatable bonds is 1. The van der Waals surface area contributed by atoms with E-state index >= 15 is 0 Å². The molecule has 64 valence electrons. The van der Waals surface area contributed by atoms with Gasteiger partial charge in [0.15, 0.2) is 0 Å². The van der Waals surface area contributed by atoms with E-state index < -0.39 is 0 Å². The molecule has 0 aliphatic rings. The van der Waals surface area contributed by atoms with Crippen LogP contribution in [0.5, 0.6) is 0 Å². The van der Waals surface area contributed by atoms with Gasteiger partial charge in [-0.3, -0.25) is 0 Å². The van der Waals surface area contributed by atoms with Crippen LogP contribution in [0.25, 0.3) is 0 Å². The Hall–Kier alpha value is -0.760. The Morgan fingerprint density at radius 3 is 2.09 bits per heavy atom. The van der Waals surface area contributed by atoms with Gasteiger partial charge >= 0.3 is 0 Å². The van der Waals surface area contributed by atoms with E-state index in [9.17, 15) is 4.39 Å². The second kappa shape index (κ2) is 9.24. The van der Waals surface area contributed by atoms with Gasteiger partial charge in [-0.15, -0.1) is 0 Å². The van der Waals surface area contributed by atoms with Crippen LogP contribution in [0.3, 0.4) is 0 Å². The Balaban J connectivity index is 0. The van der Waals surface area contributed by atoms with Gasteiger partial charge in [0.25, 0.3) is 0 Å². The van der Waals surface area contributed by atoms with E-state index in [2.05, 4.69) is 6.58 Å². The molecule has 0 bridgehead atoms. The summed E-state index contributed by atoms with van der Waals surface area (Å²) in [6.07, 6.45) is 2.51. The molecule has 0 rings (SSSR count). The van der Waals surface area contributed by atoms with E-state index in [1.807, 2.05) is 0 Å². The minimum absolute atomic E-state index is 0.167. The first-order valence-corrected chi connectivity index (χ1v) is 3.41. The van der Waals surface area contributed by atoms with Gasteiger partial charge in [-0.1, -0.05) is 24.3 Å². The summed E-state index contributed by atoms with van der Waals surface area (Å²) in [6, 6.07) is 0. The van der Waals surface area contributed by atoms with Gasteiger partial charge in [0, 0.05) is 5.54 Å². The fourth-order valence-electron chi connectivity index (χ4n) is 0.156. The summed E-state index contributed by atoms with van der Waals surface area (Å²) < 4.78 is 11.8. The summed E-state index contributed by atoms with van der Waals surface area (Å²) in [4.78, 5) is 0. The number of hydrogen-bond donors (Lipinski definition) is 1. The van der Waals surface area contributed by atoms with Crippen molar-refractivity contribution in [3.05, 3.63) is 35.9 Å². The Labute approximate surface area is 71.5 Å². The van der Waals surface area contributed by atoms with Gasteiger partial charge in [0.05, 0.1) is 5.76 Å². The lowest BCUT2D eigenvalue weighted by atomic mass is 10.5. The summed E-state index contributed by atoms with van der Waals surface area (Å²) in [5.74, 6) is -0.144. The van der Waals surface area contributed by atoms with Crippen LogP contribution < -0.4 is 0 Å². The summed E-state index contributed by atoms with van der Waals surface area (Å²) in [7, 11) is 0. The smallest absolute Gasteiger partial charge is 0.119 e. The molecule has 3 heteroatoms. The molecule has 0 unspecified atom stereocenters. The molecule has 0 saturated heterocycles. The van der Waals surface area contributed by atoms with Crippen LogP contribution in [0.2, 0.25) is 0 Å². The van der Waals surface area contributed by atoms with Gasteiger partial charge in [0.2, 0.25) is 0 Å². The molecule has 0 aromatic heterocycles. The quantitative estimate of drug-likeness (QED) is 0.480. The minimum Gasteiger partial charge on any atom is -0.513 e. The van der Waals surface area contributed by atoms with Crippen LogP contribution in [0.1, 0.15) is 13.8 Å². The Kier molecular flexibility index (Phi) is 10.8. The lowest BCUT2D eigenvalue weighted by Crippen LogP contribution is -1.56. The van der Waals surface area contributed by atoms with Crippen LogP contribution in [-0.4, -0.2) is 5.11 Å². The predicted molar refractivity (Wildman–Crippen MR) is 47.3 cm³/mol. The van der Waals surface area contributed by atoms with Crippen molar-refractivity contribution < 1.29 is 9.50 Å². The molecule has 1 N–H and O–H groups in total. The van der Waals surface area contributed by atoms with Crippen LogP contribution in [0.15, 0.2) is 35.9 Å². The van der Waals surface area contributed by atoms with Crippen LogP contribution in [0, 0.1) is 0 Å². The van der Waals surface area contributed by atoms with Crippen molar-refractivity contribution in [1.29, 1.82) is 0 Å². The minimum atomic E-state index is -0.310. The normalized spacial score (nSPS) is 10.7. The molecule has 0 radical (unpaired) electrons. The molecule has 0 aromatic rings. The highest BCUT2D eigenvalue weighted by atomic mass is 35.5. The van der Waals surface area contributed by atoms with Crippen LogP contribution in [0.4, 0.5) is 4.39 Å². The maximum atomic E-state index is 11.8. The van der Waals surface area contributed by atoms with Gasteiger partial charge in [0.1, 0.15) is 5.83 Å². The number of aliphatic hydroxyl groups excluding tert-OH is 1. The van der Waals surface area contributed by atoms with Gasteiger partial charge < -0.3 is 5.11 Å². The summed E-state index contributed by atoms with van der Waals surface area (Å²) in [5.41, 5.74) is 1.13. The zero-order chi connectivity index (χ0) is 9.28. The highest BCUT2D eigenvalue weighted by Crippen LogP contribution is 1.96.